The summed E-state index contributed by atoms with van der Waals surface area (Å²) < 4.78 is 0. The molecule has 122 valence electrons. The van der Waals surface area contributed by atoms with Crippen LogP contribution in [0, 0.1) is 0 Å². The molecule has 0 radical (unpaired) electrons. The van der Waals surface area contributed by atoms with E-state index in [1.165, 1.54) is 18.2 Å². The third-order valence-electron chi connectivity index (χ3n) is 3.08. The van der Waals surface area contributed by atoms with Crippen LogP contribution >= 0.6 is 0 Å². The summed E-state index contributed by atoms with van der Waals surface area (Å²) in [6.45, 7) is 11.6. The number of amides is 2. The number of rotatable bonds is 2. The molecule has 1 rings (SSSR count). The fourth-order valence-electron chi connectivity index (χ4n) is 2.65. The zero-order valence-electron chi connectivity index (χ0n) is 13.9. The van der Waals surface area contributed by atoms with E-state index in [0.29, 0.717) is 5.56 Å². The molecule has 2 amide bonds. The minimum Gasteiger partial charge on any atom is -0.329 e. The zero-order chi connectivity index (χ0) is 17.3. The van der Waals surface area contributed by atoms with Crippen LogP contribution in [0.1, 0.15) is 62.3 Å². The second kappa shape index (κ2) is 6.06. The van der Waals surface area contributed by atoms with Gasteiger partial charge in [0.05, 0.1) is 0 Å². The van der Waals surface area contributed by atoms with Crippen molar-refractivity contribution in [3.05, 3.63) is 35.4 Å². The van der Waals surface area contributed by atoms with E-state index in [1.54, 1.807) is 11.0 Å². The molecule has 0 unspecified atom stereocenters. The van der Waals surface area contributed by atoms with Gasteiger partial charge in [-0.3, -0.25) is 20.0 Å². The lowest BCUT2D eigenvalue weighted by atomic mass is 9.94. The maximum absolute atomic E-state index is 12.9. The highest BCUT2D eigenvalue weighted by Gasteiger charge is 2.36. The molecule has 6 heteroatoms. The molecule has 22 heavy (non-hydrogen) atoms. The summed E-state index contributed by atoms with van der Waals surface area (Å²) in [6.07, 6.45) is 0. The largest absolute Gasteiger partial charge is 0.329 e. The second-order valence-electron chi connectivity index (χ2n) is 7.16. The van der Waals surface area contributed by atoms with Gasteiger partial charge < -0.3 is 4.90 Å². The third kappa shape index (κ3) is 4.05. The number of carbonyl (C=O) groups is 2. The van der Waals surface area contributed by atoms with Crippen LogP contribution in [-0.4, -0.2) is 43.4 Å². The van der Waals surface area contributed by atoms with E-state index in [-0.39, 0.29) is 11.5 Å². The summed E-state index contributed by atoms with van der Waals surface area (Å²) in [6, 6.07) is 5.90. The van der Waals surface area contributed by atoms with Crippen LogP contribution in [0.3, 0.4) is 0 Å². The van der Waals surface area contributed by atoms with Gasteiger partial charge in [0.15, 0.2) is 0 Å². The fraction of sp³-hybridized carbons (Fsp3) is 0.500. The van der Waals surface area contributed by atoms with Crippen molar-refractivity contribution in [2.75, 3.05) is 0 Å². The Morgan fingerprint density at radius 2 is 1.27 bits per heavy atom. The van der Waals surface area contributed by atoms with Gasteiger partial charge in [0.1, 0.15) is 0 Å². The van der Waals surface area contributed by atoms with Crippen molar-refractivity contribution >= 4 is 11.8 Å². The van der Waals surface area contributed by atoms with E-state index in [2.05, 4.69) is 0 Å². The van der Waals surface area contributed by atoms with E-state index in [9.17, 15) is 9.59 Å². The van der Waals surface area contributed by atoms with Crippen molar-refractivity contribution in [3.63, 3.8) is 0 Å². The summed E-state index contributed by atoms with van der Waals surface area (Å²) in [5.74, 6) is -1.22. The van der Waals surface area contributed by atoms with Gasteiger partial charge in [-0.05, 0) is 59.7 Å². The average molecular weight is 308 g/mol. The summed E-state index contributed by atoms with van der Waals surface area (Å²) in [5, 5.41) is 17.1. The molecule has 6 nitrogen and oxygen atoms in total. The first-order chi connectivity index (χ1) is 9.85. The van der Waals surface area contributed by atoms with Crippen molar-refractivity contribution in [1.29, 1.82) is 0 Å². The molecule has 0 saturated heterocycles. The smallest absolute Gasteiger partial charge is 0.303 e. The summed E-state index contributed by atoms with van der Waals surface area (Å²) in [5.41, 5.74) is -0.471. The normalized spacial score (nSPS) is 12.0. The lowest BCUT2D eigenvalue weighted by molar-refractivity contribution is -0.260. The maximum atomic E-state index is 12.9. The Morgan fingerprint density at radius 3 is 1.64 bits per heavy atom. The number of carbonyl (C=O) groups excluding carboxylic acids is 2. The molecule has 0 aliphatic heterocycles. The minimum atomic E-state index is -0.993. The van der Waals surface area contributed by atoms with E-state index < -0.39 is 22.2 Å². The topological polar surface area (TPSA) is 81.1 Å². The van der Waals surface area contributed by atoms with Gasteiger partial charge in [0.2, 0.25) is 0 Å². The highest BCUT2D eigenvalue weighted by Crippen LogP contribution is 2.27. The predicted octanol–water partition coefficient (Wildman–Crippen LogP) is 2.95. The Kier molecular flexibility index (Phi) is 4.99. The van der Waals surface area contributed by atoms with Crippen LogP contribution in [0.5, 0.6) is 0 Å². The highest BCUT2D eigenvalue weighted by atomic mass is 16.8. The van der Waals surface area contributed by atoms with Gasteiger partial charge in [0.25, 0.3) is 5.91 Å². The molecule has 0 spiro atoms. The van der Waals surface area contributed by atoms with Crippen LogP contribution < -0.4 is 0 Å². The minimum absolute atomic E-state index is 0.0265. The highest BCUT2D eigenvalue weighted by molar-refractivity contribution is 5.99. The van der Waals surface area contributed by atoms with Gasteiger partial charge in [-0.25, -0.2) is 0 Å². The van der Waals surface area contributed by atoms with Crippen LogP contribution in [0.2, 0.25) is 0 Å². The first kappa shape index (κ1) is 18.1. The monoisotopic (exact) mass is 308 g/mol. The Bertz CT molecular complexity index is 554. The Labute approximate surface area is 130 Å². The van der Waals surface area contributed by atoms with E-state index >= 15 is 0 Å². The van der Waals surface area contributed by atoms with Crippen molar-refractivity contribution < 1.29 is 20.0 Å². The van der Waals surface area contributed by atoms with Crippen molar-refractivity contribution in [2.24, 2.45) is 0 Å². The van der Waals surface area contributed by atoms with Gasteiger partial charge in [-0.15, -0.1) is 0 Å². The number of hydroxylamine groups is 2. The lowest BCUT2D eigenvalue weighted by Crippen LogP contribution is -2.55. The van der Waals surface area contributed by atoms with Crippen LogP contribution in [0.4, 0.5) is 0 Å². The molecular formula is C16H24N2O4. The number of nitrogens with zero attached hydrogens (tertiary/aromatic N) is 2. The molecule has 0 aliphatic rings. The van der Waals surface area contributed by atoms with Crippen LogP contribution in [0.25, 0.3) is 0 Å². The van der Waals surface area contributed by atoms with Crippen LogP contribution in [-0.2, 0) is 0 Å². The average Bonchev–Trinajstić information content (AvgIpc) is 2.34. The quantitative estimate of drug-likeness (QED) is 0.650. The van der Waals surface area contributed by atoms with E-state index in [4.69, 9.17) is 10.4 Å². The Morgan fingerprint density at radius 1 is 0.864 bits per heavy atom. The number of hydrogen-bond acceptors (Lipinski definition) is 4. The van der Waals surface area contributed by atoms with Gasteiger partial charge in [-0.1, -0.05) is 11.3 Å². The molecular weight excluding hydrogens is 284 g/mol. The molecule has 0 fully saturated rings. The Hall–Kier alpha value is -1.92. The lowest BCUT2D eigenvalue weighted by Gasteiger charge is -2.45. The molecule has 0 bridgehead atoms. The summed E-state index contributed by atoms with van der Waals surface area (Å²) >= 11 is 0. The van der Waals surface area contributed by atoms with Crippen LogP contribution in [0.15, 0.2) is 24.3 Å². The first-order valence-corrected chi connectivity index (χ1v) is 7.02. The Balaban J connectivity index is 3.27. The SMILES string of the molecule is CC(C)(C)N(C(=O)c1cccc(C(=O)N(O)O)c1)C(C)(C)C. The van der Waals surface area contributed by atoms with Crippen molar-refractivity contribution in [3.8, 4) is 0 Å². The van der Waals surface area contributed by atoms with Crippen molar-refractivity contribution in [2.45, 2.75) is 52.6 Å². The molecule has 0 saturated carbocycles. The van der Waals surface area contributed by atoms with Crippen molar-refractivity contribution in [1.82, 2.24) is 10.1 Å². The van der Waals surface area contributed by atoms with Gasteiger partial charge in [-0.2, -0.15) is 0 Å². The molecule has 0 aromatic heterocycles. The van der Waals surface area contributed by atoms with Gasteiger partial charge >= 0.3 is 5.91 Å². The summed E-state index contributed by atoms with van der Waals surface area (Å²) in [4.78, 5) is 26.2. The molecule has 0 aliphatic carbocycles. The number of hydrogen-bond donors (Lipinski definition) is 2. The molecule has 0 heterocycles. The molecule has 0 atom stereocenters. The fourth-order valence-corrected chi connectivity index (χ4v) is 2.65. The van der Waals surface area contributed by atoms with Gasteiger partial charge in [0, 0.05) is 22.2 Å². The van der Waals surface area contributed by atoms with E-state index in [1.807, 2.05) is 41.5 Å². The second-order valence-corrected chi connectivity index (χ2v) is 7.16. The first-order valence-electron chi connectivity index (χ1n) is 7.02. The predicted molar refractivity (Wildman–Crippen MR) is 81.9 cm³/mol. The third-order valence-corrected chi connectivity index (χ3v) is 3.08. The summed E-state index contributed by atoms with van der Waals surface area (Å²) in [7, 11) is 0. The zero-order valence-corrected chi connectivity index (χ0v) is 13.9. The molecule has 1 aromatic carbocycles. The standard InChI is InChI=1S/C16H24N2O4/c1-15(2,3)17(16(4,5)6)13(19)11-8-7-9-12(10-11)14(20)18(21)22/h7-10,21-22H,1-6H3. The van der Waals surface area contributed by atoms with E-state index in [0.717, 1.165) is 0 Å². The number of benzene rings is 1. The molecule has 2 N–H and O–H groups in total. The molecule has 1 aromatic rings. The maximum Gasteiger partial charge on any atom is 0.303 e.